The van der Waals surface area contributed by atoms with E-state index in [0.717, 1.165) is 34.8 Å². The molecule has 1 heterocycles. The van der Waals surface area contributed by atoms with E-state index in [1.807, 2.05) is 12.2 Å². The Hall–Kier alpha value is -4.88. The van der Waals surface area contributed by atoms with Gasteiger partial charge >= 0.3 is 0 Å². The number of para-hydroxylation sites is 2. The van der Waals surface area contributed by atoms with E-state index in [-0.39, 0.29) is 12.1 Å². The Morgan fingerprint density at radius 2 is 1.82 bits per heavy atom. The van der Waals surface area contributed by atoms with Crippen LogP contribution in [-0.4, -0.2) is 18.6 Å². The highest BCUT2D eigenvalue weighted by Crippen LogP contribution is 2.31. The molecule has 0 N–H and O–H groups in total. The molecule has 2 nitrogen and oxygen atoms in total. The third-order valence-electron chi connectivity index (χ3n) is 6.68. The minimum absolute atomic E-state index is 0.0623. The Bertz CT molecular complexity index is 1560. The average Bonchev–Trinajstić information content (AvgIpc) is 2.97. The van der Waals surface area contributed by atoms with Crippen LogP contribution in [0.2, 0.25) is 0 Å². The van der Waals surface area contributed by atoms with Crippen molar-refractivity contribution in [2.24, 2.45) is 0 Å². The van der Waals surface area contributed by atoms with E-state index < -0.39 is 0 Å². The Kier molecular flexibility index (Phi) is 7.77. The third-order valence-corrected chi connectivity index (χ3v) is 6.68. The summed E-state index contributed by atoms with van der Waals surface area (Å²) in [7, 11) is 0. The lowest BCUT2D eigenvalue weighted by atomic mass is 10.0. The summed E-state index contributed by atoms with van der Waals surface area (Å²) < 4.78 is 0. The van der Waals surface area contributed by atoms with E-state index in [9.17, 15) is 0 Å². The van der Waals surface area contributed by atoms with Crippen molar-refractivity contribution >= 4 is 16.9 Å². The Morgan fingerprint density at radius 3 is 2.74 bits per heavy atom. The van der Waals surface area contributed by atoms with E-state index in [1.54, 1.807) is 6.08 Å². The number of nitrogens with zero attached hydrogens (tertiary/aromatic N) is 2. The smallest absolute Gasteiger partial charge is 0.114 e. The van der Waals surface area contributed by atoms with Gasteiger partial charge in [0, 0.05) is 41.7 Å². The molecule has 38 heavy (non-hydrogen) atoms. The van der Waals surface area contributed by atoms with Crippen LogP contribution in [0.5, 0.6) is 0 Å². The van der Waals surface area contributed by atoms with E-state index in [1.165, 1.54) is 5.56 Å². The number of aryl methyl sites for hydroxylation is 1. The van der Waals surface area contributed by atoms with Crippen molar-refractivity contribution in [3.63, 3.8) is 0 Å². The second-order valence-corrected chi connectivity index (χ2v) is 9.22. The highest BCUT2D eigenvalue weighted by atomic mass is 15.2. The molecule has 184 valence electrons. The third kappa shape index (κ3) is 5.58. The molecular formula is C36H30N2. The molecule has 2 atom stereocenters. The van der Waals surface area contributed by atoms with Gasteiger partial charge in [-0.1, -0.05) is 103 Å². The molecule has 0 bridgehead atoms. The fraction of sp³-hybridized carbons (Fsp3) is 0.139. The van der Waals surface area contributed by atoms with Gasteiger partial charge in [-0.3, -0.25) is 0 Å². The maximum atomic E-state index is 4.29. The maximum absolute atomic E-state index is 4.29. The molecular weight excluding hydrogens is 460 g/mol. The molecule has 2 heteroatoms. The minimum atomic E-state index is -0.115. The van der Waals surface area contributed by atoms with Gasteiger partial charge in [0.15, 0.2) is 0 Å². The quantitative estimate of drug-likeness (QED) is 0.327. The van der Waals surface area contributed by atoms with Gasteiger partial charge in [-0.2, -0.15) is 0 Å². The average molecular weight is 491 g/mol. The van der Waals surface area contributed by atoms with Crippen LogP contribution in [-0.2, 0) is 0 Å². The van der Waals surface area contributed by atoms with Crippen molar-refractivity contribution < 1.29 is 0 Å². The molecule has 2 aromatic carbocycles. The lowest BCUT2D eigenvalue weighted by Crippen LogP contribution is -2.35. The molecule has 2 aliphatic carbocycles. The zero-order valence-electron chi connectivity index (χ0n) is 21.6. The summed E-state index contributed by atoms with van der Waals surface area (Å²) in [5.74, 6) is 13.6. The Labute approximate surface area is 226 Å². The molecule has 0 spiro atoms. The number of hydrogen-bond acceptors (Lipinski definition) is 2. The van der Waals surface area contributed by atoms with Gasteiger partial charge in [-0.25, -0.2) is 0 Å². The second kappa shape index (κ2) is 11.9. The van der Waals surface area contributed by atoms with Gasteiger partial charge in [0.05, 0.1) is 0 Å². The number of benzene rings is 2. The molecule has 0 fully saturated rings. The Balaban J connectivity index is 1.51. The first kappa shape index (κ1) is 24.8. The molecule has 0 saturated carbocycles. The van der Waals surface area contributed by atoms with Crippen molar-refractivity contribution in [2.75, 3.05) is 16.3 Å². The number of anilines is 2. The molecule has 0 amide bonds. The van der Waals surface area contributed by atoms with Gasteiger partial charge in [0.25, 0.3) is 0 Å². The van der Waals surface area contributed by atoms with Gasteiger partial charge in [-0.05, 0) is 54.5 Å². The first-order chi connectivity index (χ1) is 18.7. The molecule has 3 aliphatic rings. The van der Waals surface area contributed by atoms with Crippen LogP contribution in [0, 0.1) is 30.6 Å². The number of hydrogen-bond donors (Lipinski definition) is 0. The lowest BCUT2D eigenvalue weighted by Gasteiger charge is -2.33. The zero-order valence-corrected chi connectivity index (χ0v) is 21.6. The molecule has 5 rings (SSSR count). The van der Waals surface area contributed by atoms with Gasteiger partial charge in [0.1, 0.15) is 12.1 Å². The second-order valence-electron chi connectivity index (χ2n) is 9.22. The van der Waals surface area contributed by atoms with E-state index in [0.29, 0.717) is 6.42 Å². The van der Waals surface area contributed by atoms with E-state index in [4.69, 9.17) is 0 Å². The van der Waals surface area contributed by atoms with Gasteiger partial charge in [0.2, 0.25) is 0 Å². The van der Waals surface area contributed by atoms with Crippen LogP contribution >= 0.6 is 0 Å². The van der Waals surface area contributed by atoms with Crippen molar-refractivity contribution in [3.05, 3.63) is 145 Å². The largest absolute Gasteiger partial charge is 0.350 e. The summed E-state index contributed by atoms with van der Waals surface area (Å²) in [4.78, 5) is 4.65. The Morgan fingerprint density at radius 1 is 0.947 bits per heavy atom. The summed E-state index contributed by atoms with van der Waals surface area (Å²) in [6.45, 7) is 7.19. The summed E-state index contributed by atoms with van der Waals surface area (Å²) in [6.07, 6.45) is 23.3. The van der Waals surface area contributed by atoms with Crippen LogP contribution in [0.4, 0.5) is 11.4 Å². The summed E-state index contributed by atoms with van der Waals surface area (Å²) in [6, 6.07) is 16.7. The molecule has 1 aliphatic heterocycles. The predicted molar refractivity (Wildman–Crippen MR) is 162 cm³/mol. The van der Waals surface area contributed by atoms with E-state index >= 15 is 0 Å². The molecule has 2 aromatic rings. The first-order valence-electron chi connectivity index (χ1n) is 12.9. The van der Waals surface area contributed by atoms with Gasteiger partial charge < -0.3 is 9.80 Å². The van der Waals surface area contributed by atoms with Crippen molar-refractivity contribution in [1.29, 1.82) is 0 Å². The fourth-order valence-corrected chi connectivity index (χ4v) is 4.79. The van der Waals surface area contributed by atoms with Crippen molar-refractivity contribution in [2.45, 2.75) is 25.4 Å². The van der Waals surface area contributed by atoms with Crippen molar-refractivity contribution in [3.8, 4) is 23.7 Å². The SMILES string of the molecule is C=C1/C=C\C=C/CN(C2C#CC/C(N(c3ccccc3C)C3C#CC=C=C/C=C\3)=C\C=C/2)c2ccccc21. The normalized spacial score (nSPS) is 24.4. The van der Waals surface area contributed by atoms with Crippen LogP contribution in [0.1, 0.15) is 17.5 Å². The van der Waals surface area contributed by atoms with Crippen LogP contribution < -0.4 is 9.80 Å². The summed E-state index contributed by atoms with van der Waals surface area (Å²) in [5, 5.41) is 0. The molecule has 2 unspecified atom stereocenters. The number of rotatable bonds is 4. The minimum Gasteiger partial charge on any atom is -0.350 e. The van der Waals surface area contributed by atoms with Crippen LogP contribution in [0.15, 0.2) is 133 Å². The molecule has 0 aromatic heterocycles. The zero-order chi connectivity index (χ0) is 26.2. The van der Waals surface area contributed by atoms with Gasteiger partial charge in [-0.15, -0.1) is 5.73 Å². The van der Waals surface area contributed by atoms with E-state index in [2.05, 4.69) is 150 Å². The predicted octanol–water partition coefficient (Wildman–Crippen LogP) is 7.32. The molecule has 0 saturated heterocycles. The lowest BCUT2D eigenvalue weighted by molar-refractivity contribution is 0.851. The fourth-order valence-electron chi connectivity index (χ4n) is 4.79. The maximum Gasteiger partial charge on any atom is 0.114 e. The topological polar surface area (TPSA) is 6.48 Å². The van der Waals surface area contributed by atoms with Crippen LogP contribution in [0.25, 0.3) is 5.57 Å². The highest BCUT2D eigenvalue weighted by Gasteiger charge is 2.22. The first-order valence-corrected chi connectivity index (χ1v) is 12.9. The summed E-state index contributed by atoms with van der Waals surface area (Å²) in [5.41, 5.74) is 9.76. The number of allylic oxidation sites excluding steroid dienone is 9. The number of fused-ring (bicyclic) bond motifs is 1. The van der Waals surface area contributed by atoms with Crippen LogP contribution in [0.3, 0.4) is 0 Å². The summed E-state index contributed by atoms with van der Waals surface area (Å²) >= 11 is 0. The monoisotopic (exact) mass is 490 g/mol. The highest BCUT2D eigenvalue weighted by molar-refractivity contribution is 5.82. The molecule has 0 radical (unpaired) electrons. The standard InChI is InChI=1S/C36H30N2/c1-29-17-7-6-14-28-37(36-27-13-11-25-34(29)36)31-21-15-23-33(24-16-22-31)38(35-26-12-10-18-30(35)2)32-19-8-4-3-5-9-20-32/h4-8,10-15,17-19,21,23,25-27,31-32H,1,24,28H2,2H3/b14-6-,17-7-,19-8-,21-15-,33-23+. The van der Waals surface area contributed by atoms with Crippen molar-refractivity contribution in [1.82, 2.24) is 0 Å².